The average Bonchev–Trinajstić information content (AvgIpc) is 2.50. The quantitative estimate of drug-likeness (QED) is 0.811. The Balaban J connectivity index is 1.84. The predicted octanol–water partition coefficient (Wildman–Crippen LogP) is 3.32. The number of likely N-dealkylation sites (tertiary alicyclic amines) is 1. The van der Waals surface area contributed by atoms with Crippen LogP contribution in [0.15, 0.2) is 0 Å². The second-order valence-electron chi connectivity index (χ2n) is 6.73. The van der Waals surface area contributed by atoms with Gasteiger partial charge in [0.15, 0.2) is 0 Å². The van der Waals surface area contributed by atoms with Crippen molar-refractivity contribution in [2.45, 2.75) is 77.2 Å². The van der Waals surface area contributed by atoms with Crippen molar-refractivity contribution in [1.82, 2.24) is 4.90 Å². The van der Waals surface area contributed by atoms with Crippen LogP contribution in [-0.4, -0.2) is 29.9 Å². The molecule has 2 fully saturated rings. The van der Waals surface area contributed by atoms with Gasteiger partial charge in [-0.05, 0) is 56.9 Å². The van der Waals surface area contributed by atoms with Gasteiger partial charge in [-0.15, -0.1) is 0 Å². The lowest BCUT2D eigenvalue weighted by Gasteiger charge is -2.44. The van der Waals surface area contributed by atoms with Gasteiger partial charge in [0.25, 0.3) is 0 Å². The number of carbonyl (C=O) groups is 1. The van der Waals surface area contributed by atoms with Crippen molar-refractivity contribution in [3.05, 3.63) is 0 Å². The number of nitrogens with zero attached hydrogens (tertiary/aromatic N) is 1. The molecule has 1 aliphatic heterocycles. The van der Waals surface area contributed by atoms with Gasteiger partial charge < -0.3 is 10.6 Å². The van der Waals surface area contributed by atoms with Crippen LogP contribution in [0.4, 0.5) is 0 Å². The number of carbonyl (C=O) groups excluding carboxylic acids is 1. The van der Waals surface area contributed by atoms with Crippen LogP contribution >= 0.6 is 0 Å². The molecule has 3 atom stereocenters. The molecule has 0 aromatic carbocycles. The molecular weight excluding hydrogens is 248 g/mol. The third-order valence-electron chi connectivity index (χ3n) is 5.48. The molecule has 0 bridgehead atoms. The minimum atomic E-state index is 0.414. The fourth-order valence-corrected chi connectivity index (χ4v) is 4.19. The number of hydrogen-bond acceptors (Lipinski definition) is 2. The molecule has 3 nitrogen and oxygen atoms in total. The summed E-state index contributed by atoms with van der Waals surface area (Å²) in [7, 11) is 0. The Morgan fingerprint density at radius 1 is 1.20 bits per heavy atom. The lowest BCUT2D eigenvalue weighted by Crippen LogP contribution is -2.49. The van der Waals surface area contributed by atoms with Crippen molar-refractivity contribution in [1.29, 1.82) is 0 Å². The maximum Gasteiger partial charge on any atom is 0.222 e. The molecule has 3 unspecified atom stereocenters. The molecule has 1 saturated carbocycles. The summed E-state index contributed by atoms with van der Waals surface area (Å²) in [5.41, 5.74) is 5.65. The van der Waals surface area contributed by atoms with Crippen LogP contribution in [0.5, 0.6) is 0 Å². The zero-order chi connectivity index (χ0) is 14.4. The first-order valence-electron chi connectivity index (χ1n) is 8.75. The summed E-state index contributed by atoms with van der Waals surface area (Å²) in [6, 6.07) is 0.569. The van der Waals surface area contributed by atoms with E-state index in [0.717, 1.165) is 44.7 Å². The van der Waals surface area contributed by atoms with E-state index in [0.29, 0.717) is 17.9 Å². The summed E-state index contributed by atoms with van der Waals surface area (Å²) in [6.45, 7) is 3.97. The van der Waals surface area contributed by atoms with E-state index in [9.17, 15) is 4.79 Å². The largest absolute Gasteiger partial charge is 0.339 e. The number of amides is 1. The first kappa shape index (κ1) is 15.8. The first-order chi connectivity index (χ1) is 9.76. The smallest absolute Gasteiger partial charge is 0.222 e. The molecule has 0 spiro atoms. The Morgan fingerprint density at radius 2 is 1.95 bits per heavy atom. The van der Waals surface area contributed by atoms with Crippen LogP contribution in [0.25, 0.3) is 0 Å². The highest BCUT2D eigenvalue weighted by Gasteiger charge is 2.35. The molecule has 1 saturated heterocycles. The number of piperidine rings is 1. The Hall–Kier alpha value is -0.570. The fourth-order valence-electron chi connectivity index (χ4n) is 4.19. The van der Waals surface area contributed by atoms with Crippen LogP contribution in [0.3, 0.4) is 0 Å². The first-order valence-corrected chi connectivity index (χ1v) is 8.75. The van der Waals surface area contributed by atoms with Gasteiger partial charge >= 0.3 is 0 Å². The number of fused-ring (bicyclic) bond motifs is 1. The van der Waals surface area contributed by atoms with Gasteiger partial charge in [0, 0.05) is 19.0 Å². The van der Waals surface area contributed by atoms with Gasteiger partial charge in [-0.25, -0.2) is 0 Å². The zero-order valence-corrected chi connectivity index (χ0v) is 13.2. The van der Waals surface area contributed by atoms with E-state index in [1.165, 1.54) is 38.5 Å². The monoisotopic (exact) mass is 280 g/mol. The van der Waals surface area contributed by atoms with E-state index in [1.54, 1.807) is 0 Å². The van der Waals surface area contributed by atoms with Crippen molar-refractivity contribution in [3.8, 4) is 0 Å². The molecule has 0 radical (unpaired) electrons. The molecule has 116 valence electrons. The van der Waals surface area contributed by atoms with E-state index in [-0.39, 0.29) is 0 Å². The fraction of sp³-hybridized carbons (Fsp3) is 0.941. The number of nitrogens with two attached hydrogens (primary N) is 1. The van der Waals surface area contributed by atoms with Crippen LogP contribution < -0.4 is 5.73 Å². The number of rotatable bonds is 6. The van der Waals surface area contributed by atoms with Crippen LogP contribution in [0.2, 0.25) is 0 Å². The number of hydrogen-bond donors (Lipinski definition) is 1. The topological polar surface area (TPSA) is 46.3 Å². The highest BCUT2D eigenvalue weighted by molar-refractivity contribution is 5.76. The SMILES string of the molecule is CCC(CCN)CCC(=O)N1CCCC2CCCCC21. The van der Waals surface area contributed by atoms with Gasteiger partial charge in [0.2, 0.25) is 5.91 Å². The van der Waals surface area contributed by atoms with Crippen molar-refractivity contribution in [2.24, 2.45) is 17.6 Å². The Labute approximate surface area is 124 Å². The summed E-state index contributed by atoms with van der Waals surface area (Å²) in [5, 5.41) is 0. The third kappa shape index (κ3) is 3.97. The standard InChI is InChI=1S/C17H32N2O/c1-2-14(11-12-18)9-10-17(20)19-13-5-7-15-6-3-4-8-16(15)19/h14-16H,2-13,18H2,1H3. The molecular formula is C17H32N2O. The summed E-state index contributed by atoms with van der Waals surface area (Å²) >= 11 is 0. The molecule has 0 aromatic rings. The van der Waals surface area contributed by atoms with Gasteiger partial charge in [0.1, 0.15) is 0 Å². The third-order valence-corrected chi connectivity index (χ3v) is 5.48. The maximum atomic E-state index is 12.6. The van der Waals surface area contributed by atoms with Gasteiger partial charge in [-0.2, -0.15) is 0 Å². The van der Waals surface area contributed by atoms with Crippen molar-refractivity contribution in [2.75, 3.05) is 13.1 Å². The van der Waals surface area contributed by atoms with Crippen molar-refractivity contribution >= 4 is 5.91 Å². The molecule has 1 aliphatic carbocycles. The molecule has 0 aromatic heterocycles. The minimum absolute atomic E-state index is 0.414. The second-order valence-corrected chi connectivity index (χ2v) is 6.73. The predicted molar refractivity (Wildman–Crippen MR) is 83.4 cm³/mol. The summed E-state index contributed by atoms with van der Waals surface area (Å²) in [4.78, 5) is 14.8. The van der Waals surface area contributed by atoms with E-state index >= 15 is 0 Å². The average molecular weight is 280 g/mol. The molecule has 20 heavy (non-hydrogen) atoms. The highest BCUT2D eigenvalue weighted by Crippen LogP contribution is 2.35. The van der Waals surface area contributed by atoms with Crippen LogP contribution in [0, 0.1) is 11.8 Å². The van der Waals surface area contributed by atoms with Crippen molar-refractivity contribution in [3.63, 3.8) is 0 Å². The van der Waals surface area contributed by atoms with E-state index < -0.39 is 0 Å². The molecule has 1 heterocycles. The lowest BCUT2D eigenvalue weighted by molar-refractivity contribution is -0.137. The highest BCUT2D eigenvalue weighted by atomic mass is 16.2. The normalized spacial score (nSPS) is 28.0. The molecule has 2 rings (SSSR count). The lowest BCUT2D eigenvalue weighted by atomic mass is 9.78. The Bertz CT molecular complexity index is 303. The minimum Gasteiger partial charge on any atom is -0.339 e. The van der Waals surface area contributed by atoms with Gasteiger partial charge in [-0.1, -0.05) is 26.2 Å². The molecule has 2 aliphatic rings. The van der Waals surface area contributed by atoms with Crippen molar-refractivity contribution < 1.29 is 4.79 Å². The van der Waals surface area contributed by atoms with Gasteiger partial charge in [0.05, 0.1) is 0 Å². The van der Waals surface area contributed by atoms with E-state index in [1.807, 2.05) is 0 Å². The van der Waals surface area contributed by atoms with Crippen LogP contribution in [0.1, 0.15) is 71.1 Å². The second kappa shape index (κ2) is 8.02. The van der Waals surface area contributed by atoms with E-state index in [2.05, 4.69) is 11.8 Å². The van der Waals surface area contributed by atoms with Gasteiger partial charge in [-0.3, -0.25) is 4.79 Å². The molecule has 3 heteroatoms. The summed E-state index contributed by atoms with van der Waals surface area (Å²) < 4.78 is 0. The Kier molecular flexibility index (Phi) is 6.34. The maximum absolute atomic E-state index is 12.6. The van der Waals surface area contributed by atoms with Crippen LogP contribution in [-0.2, 0) is 4.79 Å². The Morgan fingerprint density at radius 3 is 2.70 bits per heavy atom. The summed E-state index contributed by atoms with van der Waals surface area (Å²) in [6.07, 6.45) is 11.8. The van der Waals surface area contributed by atoms with E-state index in [4.69, 9.17) is 5.73 Å². The molecule has 2 N–H and O–H groups in total. The zero-order valence-electron chi connectivity index (χ0n) is 13.2. The summed E-state index contributed by atoms with van der Waals surface area (Å²) in [5.74, 6) is 1.85. The molecule has 1 amide bonds.